The standard InChI is InChI=1S/C6H12N2O8P4/c7-1-3(17(9)10)5(19(13)14)2(8)6(20(15)16)4(1)18(11)12/h9-16H,7-8H2. The van der Waals surface area contributed by atoms with Crippen LogP contribution >= 0.6 is 33.5 Å². The van der Waals surface area contributed by atoms with Gasteiger partial charge in [0.1, 0.15) is 0 Å². The van der Waals surface area contributed by atoms with Gasteiger partial charge in [0.2, 0.25) is 33.5 Å². The van der Waals surface area contributed by atoms with Crippen molar-refractivity contribution < 1.29 is 39.1 Å². The second-order valence-corrected chi connectivity index (χ2v) is 7.48. The van der Waals surface area contributed by atoms with Gasteiger partial charge in [0.05, 0.1) is 32.6 Å². The number of nitrogens with two attached hydrogens (primary N) is 2. The van der Waals surface area contributed by atoms with E-state index in [1.165, 1.54) is 0 Å². The molecule has 1 aromatic rings. The van der Waals surface area contributed by atoms with Crippen molar-refractivity contribution in [2.45, 2.75) is 0 Å². The first-order chi connectivity index (χ1) is 9.11. The summed E-state index contributed by atoms with van der Waals surface area (Å²) in [5.41, 5.74) is 9.93. The van der Waals surface area contributed by atoms with E-state index in [1.54, 1.807) is 0 Å². The summed E-state index contributed by atoms with van der Waals surface area (Å²) in [6.07, 6.45) is 0. The summed E-state index contributed by atoms with van der Waals surface area (Å²) >= 11 is 0. The van der Waals surface area contributed by atoms with E-state index in [2.05, 4.69) is 0 Å². The van der Waals surface area contributed by atoms with E-state index in [9.17, 15) is 39.1 Å². The van der Waals surface area contributed by atoms with Crippen LogP contribution in [0, 0.1) is 0 Å². The second-order valence-electron chi connectivity index (χ2n) is 3.38. The van der Waals surface area contributed by atoms with E-state index in [1.807, 2.05) is 0 Å². The summed E-state index contributed by atoms with van der Waals surface area (Å²) in [6, 6.07) is 0. The highest BCUT2D eigenvalue weighted by Gasteiger charge is 2.33. The molecular formula is C6H12N2O8P4. The molecule has 0 aliphatic heterocycles. The Morgan fingerprint density at radius 2 is 0.600 bits per heavy atom. The quantitative estimate of drug-likeness (QED) is 0.188. The number of hydrogen-bond donors (Lipinski definition) is 10. The molecule has 0 bridgehead atoms. The Kier molecular flexibility index (Phi) is 6.38. The summed E-state index contributed by atoms with van der Waals surface area (Å²) in [5.74, 6) is 0. The van der Waals surface area contributed by atoms with Crippen molar-refractivity contribution in [1.29, 1.82) is 0 Å². The Balaban J connectivity index is 3.89. The van der Waals surface area contributed by atoms with Crippen LogP contribution in [0.3, 0.4) is 0 Å². The third-order valence-electron chi connectivity index (χ3n) is 2.27. The minimum atomic E-state index is -2.94. The molecule has 10 nitrogen and oxygen atoms in total. The lowest BCUT2D eigenvalue weighted by Crippen LogP contribution is -2.41. The highest BCUT2D eigenvalue weighted by Crippen LogP contribution is 2.40. The zero-order chi connectivity index (χ0) is 15.8. The average molecular weight is 364 g/mol. The molecule has 0 aromatic heterocycles. The molecule has 1 aromatic carbocycles. The largest absolute Gasteiger partial charge is 0.397 e. The molecule has 12 N–H and O–H groups in total. The molecule has 0 fully saturated rings. The molecule has 14 heteroatoms. The van der Waals surface area contributed by atoms with Gasteiger partial charge in [-0.2, -0.15) is 0 Å². The molecule has 0 saturated carbocycles. The first-order valence-electron chi connectivity index (χ1n) is 4.57. The van der Waals surface area contributed by atoms with Crippen LogP contribution in [-0.2, 0) is 0 Å². The summed E-state index contributed by atoms with van der Waals surface area (Å²) in [6.45, 7) is 0. The molecule has 0 spiro atoms. The highest BCUT2D eigenvalue weighted by molar-refractivity contribution is 7.64. The fraction of sp³-hybridized carbons (Fsp3) is 0. The lowest BCUT2D eigenvalue weighted by Gasteiger charge is -2.23. The van der Waals surface area contributed by atoms with Crippen molar-refractivity contribution >= 4 is 66.1 Å². The van der Waals surface area contributed by atoms with Gasteiger partial charge in [-0.3, -0.25) is 0 Å². The van der Waals surface area contributed by atoms with Gasteiger partial charge in [0.15, 0.2) is 0 Å². The maximum absolute atomic E-state index is 9.29. The number of benzene rings is 1. The van der Waals surface area contributed by atoms with Crippen molar-refractivity contribution in [3.63, 3.8) is 0 Å². The van der Waals surface area contributed by atoms with Crippen LogP contribution in [-0.4, -0.2) is 39.1 Å². The first-order valence-corrected chi connectivity index (χ1v) is 9.56. The van der Waals surface area contributed by atoms with Gasteiger partial charge in [0.25, 0.3) is 0 Å². The van der Waals surface area contributed by atoms with E-state index in [0.29, 0.717) is 0 Å². The minimum Gasteiger partial charge on any atom is -0.397 e. The van der Waals surface area contributed by atoms with Crippen molar-refractivity contribution in [1.82, 2.24) is 0 Å². The topological polar surface area (TPSA) is 214 Å². The van der Waals surface area contributed by atoms with Gasteiger partial charge in [-0.05, 0) is 0 Å². The van der Waals surface area contributed by atoms with E-state index in [0.717, 1.165) is 0 Å². The van der Waals surface area contributed by atoms with E-state index < -0.39 is 66.1 Å². The Morgan fingerprint density at radius 3 is 0.700 bits per heavy atom. The summed E-state index contributed by atoms with van der Waals surface area (Å²) in [5, 5.41) is -2.22. The number of nitrogen functional groups attached to an aromatic ring is 2. The first kappa shape index (κ1) is 18.3. The van der Waals surface area contributed by atoms with Crippen LogP contribution < -0.4 is 32.7 Å². The second kappa shape index (κ2) is 6.99. The van der Waals surface area contributed by atoms with Gasteiger partial charge < -0.3 is 50.6 Å². The van der Waals surface area contributed by atoms with Crippen LogP contribution in [0.5, 0.6) is 0 Å². The molecule has 0 unspecified atom stereocenters. The molecule has 0 aliphatic rings. The minimum absolute atomic E-state index is 0.556. The van der Waals surface area contributed by atoms with Crippen molar-refractivity contribution in [3.8, 4) is 0 Å². The third kappa shape index (κ3) is 3.34. The molecule has 0 aliphatic carbocycles. The van der Waals surface area contributed by atoms with Gasteiger partial charge >= 0.3 is 0 Å². The summed E-state index contributed by atoms with van der Waals surface area (Å²) in [4.78, 5) is 74.3. The normalized spacial score (nSPS) is 12.2. The molecule has 20 heavy (non-hydrogen) atoms. The van der Waals surface area contributed by atoms with Gasteiger partial charge in [0, 0.05) is 0 Å². The predicted molar refractivity (Wildman–Crippen MR) is 79.2 cm³/mol. The van der Waals surface area contributed by atoms with Gasteiger partial charge in [-0.15, -0.1) is 0 Å². The number of anilines is 2. The molecule has 0 heterocycles. The lowest BCUT2D eigenvalue weighted by atomic mass is 10.3. The average Bonchev–Trinajstić information content (AvgIpc) is 2.28. The fourth-order valence-electron chi connectivity index (χ4n) is 1.54. The van der Waals surface area contributed by atoms with Crippen molar-refractivity contribution in [2.75, 3.05) is 11.5 Å². The predicted octanol–water partition coefficient (Wildman–Crippen LogP) is -3.46. The van der Waals surface area contributed by atoms with Crippen molar-refractivity contribution in [3.05, 3.63) is 0 Å². The Hall–Kier alpha value is 0.220. The zero-order valence-corrected chi connectivity index (χ0v) is 13.1. The number of hydrogen-bond acceptors (Lipinski definition) is 10. The monoisotopic (exact) mass is 364 g/mol. The molecular weight excluding hydrogens is 352 g/mol. The van der Waals surface area contributed by atoms with Gasteiger partial charge in [-0.25, -0.2) is 0 Å². The molecule has 114 valence electrons. The van der Waals surface area contributed by atoms with E-state index in [4.69, 9.17) is 11.5 Å². The molecule has 1 rings (SSSR count). The maximum atomic E-state index is 9.29. The fourth-order valence-corrected chi connectivity index (χ4v) is 5.34. The Labute approximate surface area is 117 Å². The van der Waals surface area contributed by atoms with Gasteiger partial charge in [-0.1, -0.05) is 0 Å². The molecule has 0 atom stereocenters. The molecule has 0 radical (unpaired) electrons. The van der Waals surface area contributed by atoms with Crippen LogP contribution in [0.15, 0.2) is 0 Å². The molecule has 0 saturated heterocycles. The van der Waals surface area contributed by atoms with Crippen LogP contribution in [0.1, 0.15) is 0 Å². The van der Waals surface area contributed by atoms with Crippen molar-refractivity contribution in [2.24, 2.45) is 0 Å². The SMILES string of the molecule is Nc1c(P(O)O)c(P(O)O)c(N)c(P(O)O)c1P(O)O. The van der Waals surface area contributed by atoms with Crippen LogP contribution in [0.25, 0.3) is 0 Å². The lowest BCUT2D eigenvalue weighted by molar-refractivity contribution is 0.490. The van der Waals surface area contributed by atoms with Crippen LogP contribution in [0.4, 0.5) is 11.4 Å². The Morgan fingerprint density at radius 1 is 0.450 bits per heavy atom. The van der Waals surface area contributed by atoms with E-state index >= 15 is 0 Å². The smallest absolute Gasteiger partial charge is 0.202 e. The maximum Gasteiger partial charge on any atom is 0.202 e. The Bertz CT molecular complexity index is 424. The highest BCUT2D eigenvalue weighted by atomic mass is 31.2. The van der Waals surface area contributed by atoms with E-state index in [-0.39, 0.29) is 0 Å². The summed E-state index contributed by atoms with van der Waals surface area (Å²) in [7, 11) is -11.7. The number of rotatable bonds is 4. The van der Waals surface area contributed by atoms with Crippen LogP contribution in [0.2, 0.25) is 0 Å². The summed E-state index contributed by atoms with van der Waals surface area (Å²) < 4.78 is 0. The zero-order valence-electron chi connectivity index (χ0n) is 9.52. The third-order valence-corrected chi connectivity index (χ3v) is 6.08. The molecule has 0 amide bonds.